The molecule has 0 fully saturated rings. The van der Waals surface area contributed by atoms with E-state index >= 15 is 0 Å². The van der Waals surface area contributed by atoms with Crippen LogP contribution >= 0.6 is 0 Å². The quantitative estimate of drug-likeness (QED) is 0.551. The van der Waals surface area contributed by atoms with Gasteiger partial charge in [-0.2, -0.15) is 5.26 Å². The van der Waals surface area contributed by atoms with Gasteiger partial charge < -0.3 is 4.74 Å². The second-order valence-electron chi connectivity index (χ2n) is 3.26. The fourth-order valence-electron chi connectivity index (χ4n) is 1.26. The normalized spacial score (nSPS) is 9.50. The number of ether oxygens (including phenoxy) is 1. The Hall–Kier alpha value is -1.99. The topological polar surface area (TPSA) is 67.2 Å². The number of nitrogens with zero attached hydrogens (tertiary/aromatic N) is 1. The van der Waals surface area contributed by atoms with Crippen molar-refractivity contribution in [3.05, 3.63) is 35.4 Å². The lowest BCUT2D eigenvalue weighted by Gasteiger charge is -2.00. The standard InChI is InChI=1S/C12H11NO3/c1-16-8-11(14)6-12(15)10-4-2-3-9(5-10)7-13/h2-5H,6,8H2,1H3. The van der Waals surface area contributed by atoms with E-state index in [0.29, 0.717) is 11.1 Å². The molecule has 0 radical (unpaired) electrons. The summed E-state index contributed by atoms with van der Waals surface area (Å²) >= 11 is 0. The molecule has 4 heteroatoms. The molecular weight excluding hydrogens is 206 g/mol. The summed E-state index contributed by atoms with van der Waals surface area (Å²) in [6.45, 7) is -0.0658. The molecule has 0 atom stereocenters. The Labute approximate surface area is 93.5 Å². The zero-order valence-corrected chi connectivity index (χ0v) is 8.90. The van der Waals surface area contributed by atoms with Crippen LogP contribution in [-0.4, -0.2) is 25.3 Å². The summed E-state index contributed by atoms with van der Waals surface area (Å²) < 4.78 is 4.63. The van der Waals surface area contributed by atoms with Crippen molar-refractivity contribution in [2.24, 2.45) is 0 Å². The van der Waals surface area contributed by atoms with Crippen molar-refractivity contribution in [3.63, 3.8) is 0 Å². The smallest absolute Gasteiger partial charge is 0.170 e. The fraction of sp³-hybridized carbons (Fsp3) is 0.250. The molecule has 0 aromatic heterocycles. The Balaban J connectivity index is 2.73. The number of benzene rings is 1. The summed E-state index contributed by atoms with van der Waals surface area (Å²) in [6, 6.07) is 8.22. The van der Waals surface area contributed by atoms with Gasteiger partial charge in [0.25, 0.3) is 0 Å². The second-order valence-corrected chi connectivity index (χ2v) is 3.26. The lowest BCUT2D eigenvalue weighted by molar-refractivity contribution is -0.121. The Kier molecular flexibility index (Phi) is 4.37. The van der Waals surface area contributed by atoms with Gasteiger partial charge in [-0.1, -0.05) is 12.1 Å². The number of carbonyl (C=O) groups is 2. The lowest BCUT2D eigenvalue weighted by Crippen LogP contribution is -2.12. The lowest BCUT2D eigenvalue weighted by atomic mass is 10.0. The highest BCUT2D eigenvalue weighted by atomic mass is 16.5. The van der Waals surface area contributed by atoms with Gasteiger partial charge in [-0.25, -0.2) is 0 Å². The van der Waals surface area contributed by atoms with Gasteiger partial charge in [0.15, 0.2) is 11.6 Å². The Morgan fingerprint density at radius 1 is 1.44 bits per heavy atom. The third-order valence-corrected chi connectivity index (χ3v) is 1.98. The van der Waals surface area contributed by atoms with Crippen molar-refractivity contribution >= 4 is 11.6 Å². The van der Waals surface area contributed by atoms with Crippen LogP contribution in [0, 0.1) is 11.3 Å². The highest BCUT2D eigenvalue weighted by molar-refractivity contribution is 6.08. The molecular formula is C12H11NO3. The van der Waals surface area contributed by atoms with Crippen molar-refractivity contribution in [1.29, 1.82) is 5.26 Å². The number of hydrogen-bond acceptors (Lipinski definition) is 4. The third kappa shape index (κ3) is 3.30. The first-order valence-corrected chi connectivity index (χ1v) is 4.71. The molecule has 1 aromatic rings. The SMILES string of the molecule is COCC(=O)CC(=O)c1cccc(C#N)c1. The first-order valence-electron chi connectivity index (χ1n) is 4.71. The zero-order chi connectivity index (χ0) is 12.0. The number of rotatable bonds is 5. The molecule has 0 aliphatic heterocycles. The average molecular weight is 217 g/mol. The van der Waals surface area contributed by atoms with Gasteiger partial charge in [0.1, 0.15) is 6.61 Å². The first kappa shape index (κ1) is 12.1. The molecule has 0 N–H and O–H groups in total. The van der Waals surface area contributed by atoms with E-state index in [-0.39, 0.29) is 24.6 Å². The van der Waals surface area contributed by atoms with Gasteiger partial charge in [-0.05, 0) is 12.1 Å². The molecule has 0 heterocycles. The average Bonchev–Trinajstić information content (AvgIpc) is 2.29. The van der Waals surface area contributed by atoms with Crippen LogP contribution in [-0.2, 0) is 9.53 Å². The van der Waals surface area contributed by atoms with Crippen LogP contribution in [0.4, 0.5) is 0 Å². The number of ketones is 2. The minimum Gasteiger partial charge on any atom is -0.377 e. The molecule has 0 unspecified atom stereocenters. The molecule has 0 saturated carbocycles. The highest BCUT2D eigenvalue weighted by Crippen LogP contribution is 2.07. The summed E-state index contributed by atoms with van der Waals surface area (Å²) in [5.74, 6) is -0.561. The molecule has 82 valence electrons. The Morgan fingerprint density at radius 2 is 2.19 bits per heavy atom. The van der Waals surface area contributed by atoms with E-state index in [4.69, 9.17) is 5.26 Å². The second kappa shape index (κ2) is 5.79. The molecule has 0 aliphatic rings. The van der Waals surface area contributed by atoms with E-state index in [1.54, 1.807) is 18.2 Å². The van der Waals surface area contributed by atoms with Crippen LogP contribution in [0.25, 0.3) is 0 Å². The van der Waals surface area contributed by atoms with E-state index in [9.17, 15) is 9.59 Å². The number of carbonyl (C=O) groups excluding carboxylic acids is 2. The third-order valence-electron chi connectivity index (χ3n) is 1.98. The van der Waals surface area contributed by atoms with Crippen LogP contribution in [0.1, 0.15) is 22.3 Å². The van der Waals surface area contributed by atoms with E-state index < -0.39 is 0 Å². The van der Waals surface area contributed by atoms with E-state index in [1.165, 1.54) is 13.2 Å². The van der Waals surface area contributed by atoms with E-state index in [2.05, 4.69) is 4.74 Å². The first-order chi connectivity index (χ1) is 7.67. The summed E-state index contributed by atoms with van der Waals surface area (Å²) in [5, 5.41) is 8.66. The van der Waals surface area contributed by atoms with Crippen molar-refractivity contribution in [2.75, 3.05) is 13.7 Å². The monoisotopic (exact) mass is 217 g/mol. The predicted molar refractivity (Wildman–Crippen MR) is 57.0 cm³/mol. The maximum atomic E-state index is 11.6. The molecule has 0 aliphatic carbocycles. The Bertz CT molecular complexity index is 446. The van der Waals surface area contributed by atoms with Crippen LogP contribution in [0.3, 0.4) is 0 Å². The van der Waals surface area contributed by atoms with Crippen molar-refractivity contribution in [1.82, 2.24) is 0 Å². The summed E-state index contributed by atoms with van der Waals surface area (Å²) in [5.41, 5.74) is 0.786. The van der Waals surface area contributed by atoms with Gasteiger partial charge >= 0.3 is 0 Å². The summed E-state index contributed by atoms with van der Waals surface area (Å²) in [4.78, 5) is 22.8. The van der Waals surface area contributed by atoms with Gasteiger partial charge in [-0.15, -0.1) is 0 Å². The van der Waals surface area contributed by atoms with Gasteiger partial charge in [0.05, 0.1) is 18.1 Å². The number of nitriles is 1. The molecule has 4 nitrogen and oxygen atoms in total. The summed E-state index contributed by atoms with van der Waals surface area (Å²) in [6.07, 6.45) is -0.192. The molecule has 0 bridgehead atoms. The largest absolute Gasteiger partial charge is 0.377 e. The molecule has 0 saturated heterocycles. The van der Waals surface area contributed by atoms with Gasteiger partial charge in [0.2, 0.25) is 0 Å². The minimum atomic E-state index is -0.292. The molecule has 1 aromatic carbocycles. The number of Topliss-reactive ketones (excluding diaryl/α,β-unsaturated/α-hetero) is 2. The highest BCUT2D eigenvalue weighted by Gasteiger charge is 2.11. The van der Waals surface area contributed by atoms with Crippen molar-refractivity contribution < 1.29 is 14.3 Å². The van der Waals surface area contributed by atoms with Crippen LogP contribution < -0.4 is 0 Å². The fourth-order valence-corrected chi connectivity index (χ4v) is 1.26. The van der Waals surface area contributed by atoms with Crippen molar-refractivity contribution in [3.8, 4) is 6.07 Å². The summed E-state index contributed by atoms with van der Waals surface area (Å²) in [7, 11) is 1.40. The molecule has 0 spiro atoms. The van der Waals surface area contributed by atoms with Crippen molar-refractivity contribution in [2.45, 2.75) is 6.42 Å². The molecule has 16 heavy (non-hydrogen) atoms. The zero-order valence-electron chi connectivity index (χ0n) is 8.90. The maximum absolute atomic E-state index is 11.6. The Morgan fingerprint density at radius 3 is 2.81 bits per heavy atom. The number of methoxy groups -OCH3 is 1. The molecule has 1 rings (SSSR count). The molecule has 0 amide bonds. The van der Waals surface area contributed by atoms with Crippen LogP contribution in [0.5, 0.6) is 0 Å². The van der Waals surface area contributed by atoms with Gasteiger partial charge in [0, 0.05) is 12.7 Å². The van der Waals surface area contributed by atoms with Crippen LogP contribution in [0.15, 0.2) is 24.3 Å². The number of hydrogen-bond donors (Lipinski definition) is 0. The van der Waals surface area contributed by atoms with Crippen LogP contribution in [0.2, 0.25) is 0 Å². The maximum Gasteiger partial charge on any atom is 0.170 e. The predicted octanol–water partition coefficient (Wildman–Crippen LogP) is 1.35. The minimum absolute atomic E-state index is 0.0658. The van der Waals surface area contributed by atoms with Gasteiger partial charge in [-0.3, -0.25) is 9.59 Å². The van der Waals surface area contributed by atoms with E-state index in [0.717, 1.165) is 0 Å². The van der Waals surface area contributed by atoms with E-state index in [1.807, 2.05) is 6.07 Å².